The smallest absolute Gasteiger partial charge is 0.418 e. The first-order valence-corrected chi connectivity index (χ1v) is 6.37. The molecule has 0 fully saturated rings. The van der Waals surface area contributed by atoms with Crippen LogP contribution in [0.15, 0.2) is 18.2 Å². The van der Waals surface area contributed by atoms with Crippen LogP contribution in [0.1, 0.15) is 33.3 Å². The van der Waals surface area contributed by atoms with Crippen molar-refractivity contribution >= 4 is 23.4 Å². The topological polar surface area (TPSA) is 67.4 Å². The number of hydrogen-bond acceptors (Lipinski definition) is 3. The third-order valence-electron chi connectivity index (χ3n) is 2.28. The fourth-order valence-corrected chi connectivity index (χ4v) is 1.58. The summed E-state index contributed by atoms with van der Waals surface area (Å²) in [4.78, 5) is 22.5. The largest absolute Gasteiger partial charge is 0.444 e. The highest BCUT2D eigenvalue weighted by Crippen LogP contribution is 2.36. The lowest BCUT2D eigenvalue weighted by Gasteiger charge is -2.20. The van der Waals surface area contributed by atoms with E-state index in [1.807, 2.05) is 0 Å². The predicted octanol–water partition coefficient (Wildman–Crippen LogP) is 4.01. The van der Waals surface area contributed by atoms with Gasteiger partial charge >= 0.3 is 12.3 Å². The Morgan fingerprint density at radius 1 is 1.09 bits per heavy atom. The number of rotatable bonds is 2. The summed E-state index contributed by atoms with van der Waals surface area (Å²) in [5.74, 6) is -0.627. The number of carbonyl (C=O) groups excluding carboxylic acids is 2. The average Bonchev–Trinajstić information content (AvgIpc) is 2.26. The van der Waals surface area contributed by atoms with Gasteiger partial charge in [0.05, 0.1) is 11.3 Å². The molecule has 22 heavy (non-hydrogen) atoms. The van der Waals surface area contributed by atoms with Crippen LogP contribution >= 0.6 is 0 Å². The second-order valence-corrected chi connectivity index (χ2v) is 5.57. The summed E-state index contributed by atoms with van der Waals surface area (Å²) in [5, 5.41) is 4.31. The predicted molar refractivity (Wildman–Crippen MR) is 75.6 cm³/mol. The minimum absolute atomic E-state index is 0.0873. The molecule has 0 saturated carbocycles. The van der Waals surface area contributed by atoms with Crippen LogP contribution in [-0.4, -0.2) is 17.6 Å². The van der Waals surface area contributed by atoms with Crippen LogP contribution in [0.4, 0.5) is 29.3 Å². The highest BCUT2D eigenvalue weighted by atomic mass is 19.4. The van der Waals surface area contributed by atoms with Crippen molar-refractivity contribution in [3.05, 3.63) is 23.8 Å². The van der Waals surface area contributed by atoms with Crippen LogP contribution < -0.4 is 10.6 Å². The van der Waals surface area contributed by atoms with Crippen molar-refractivity contribution in [2.45, 2.75) is 39.5 Å². The molecule has 0 aromatic heterocycles. The summed E-state index contributed by atoms with van der Waals surface area (Å²) in [7, 11) is 0. The standard InChI is InChI=1S/C14H17F3N2O3/c1-8(20)18-11-6-5-9(7-10(11)14(15,16)17)19-12(21)22-13(2,3)4/h5-7H,1-4H3,(H,18,20)(H,19,21). The molecule has 0 bridgehead atoms. The fourth-order valence-electron chi connectivity index (χ4n) is 1.58. The average molecular weight is 318 g/mol. The van der Waals surface area contributed by atoms with Gasteiger partial charge in [-0.15, -0.1) is 0 Å². The second kappa shape index (κ2) is 6.25. The van der Waals surface area contributed by atoms with Gasteiger partial charge in [0, 0.05) is 12.6 Å². The zero-order chi connectivity index (χ0) is 17.1. The number of anilines is 2. The van der Waals surface area contributed by atoms with E-state index in [4.69, 9.17) is 4.74 Å². The molecule has 0 spiro atoms. The van der Waals surface area contributed by atoms with Gasteiger partial charge in [-0.1, -0.05) is 0 Å². The fraction of sp³-hybridized carbons (Fsp3) is 0.429. The van der Waals surface area contributed by atoms with E-state index >= 15 is 0 Å². The zero-order valence-corrected chi connectivity index (χ0v) is 12.6. The van der Waals surface area contributed by atoms with Gasteiger partial charge in [-0.2, -0.15) is 13.2 Å². The Morgan fingerprint density at radius 2 is 1.68 bits per heavy atom. The van der Waals surface area contributed by atoms with Gasteiger partial charge in [-0.25, -0.2) is 4.79 Å². The van der Waals surface area contributed by atoms with Crippen molar-refractivity contribution in [1.29, 1.82) is 0 Å². The van der Waals surface area contributed by atoms with E-state index in [-0.39, 0.29) is 11.4 Å². The van der Waals surface area contributed by atoms with Crippen molar-refractivity contribution in [1.82, 2.24) is 0 Å². The number of amides is 2. The van der Waals surface area contributed by atoms with Crippen LogP contribution in [0.25, 0.3) is 0 Å². The van der Waals surface area contributed by atoms with Crippen LogP contribution in [-0.2, 0) is 15.7 Å². The lowest BCUT2D eigenvalue weighted by Crippen LogP contribution is -2.27. The van der Waals surface area contributed by atoms with Crippen molar-refractivity contribution in [2.75, 3.05) is 10.6 Å². The summed E-state index contributed by atoms with van der Waals surface area (Å²) in [6, 6.07) is 3.04. The minimum Gasteiger partial charge on any atom is -0.444 e. The second-order valence-electron chi connectivity index (χ2n) is 5.57. The SMILES string of the molecule is CC(=O)Nc1ccc(NC(=O)OC(C)(C)C)cc1C(F)(F)F. The maximum atomic E-state index is 13.0. The summed E-state index contributed by atoms with van der Waals surface area (Å²) < 4.78 is 43.9. The Hall–Kier alpha value is -2.25. The summed E-state index contributed by atoms with van der Waals surface area (Å²) in [5.41, 5.74) is -2.30. The van der Waals surface area contributed by atoms with Gasteiger partial charge in [0.2, 0.25) is 5.91 Å². The molecule has 0 heterocycles. The van der Waals surface area contributed by atoms with E-state index in [9.17, 15) is 22.8 Å². The number of ether oxygens (including phenoxy) is 1. The summed E-state index contributed by atoms with van der Waals surface area (Å²) >= 11 is 0. The molecule has 0 aliphatic carbocycles. The summed E-state index contributed by atoms with van der Waals surface area (Å²) in [6.07, 6.45) is -5.54. The van der Waals surface area contributed by atoms with Crippen molar-refractivity contribution in [3.63, 3.8) is 0 Å². The first-order chi connectivity index (χ1) is 9.88. The first-order valence-electron chi connectivity index (χ1n) is 6.37. The third kappa shape index (κ3) is 5.63. The number of hydrogen-bond donors (Lipinski definition) is 2. The molecular weight excluding hydrogens is 301 g/mol. The Balaban J connectivity index is 3.04. The maximum Gasteiger partial charge on any atom is 0.418 e. The quantitative estimate of drug-likeness (QED) is 0.865. The molecule has 0 atom stereocenters. The molecule has 122 valence electrons. The highest BCUT2D eigenvalue weighted by molar-refractivity contribution is 5.91. The normalized spacial score (nSPS) is 11.8. The molecule has 1 aromatic rings. The van der Waals surface area contributed by atoms with Crippen molar-refractivity contribution in [3.8, 4) is 0 Å². The maximum absolute atomic E-state index is 13.0. The number of alkyl halides is 3. The van der Waals surface area contributed by atoms with Gasteiger partial charge in [-0.05, 0) is 39.0 Å². The van der Waals surface area contributed by atoms with Crippen LogP contribution in [0.5, 0.6) is 0 Å². The van der Waals surface area contributed by atoms with E-state index in [0.29, 0.717) is 0 Å². The lowest BCUT2D eigenvalue weighted by molar-refractivity contribution is -0.136. The van der Waals surface area contributed by atoms with Crippen molar-refractivity contribution in [2.24, 2.45) is 0 Å². The number of halogens is 3. The van der Waals surface area contributed by atoms with Gasteiger partial charge in [0.1, 0.15) is 5.60 Å². The first kappa shape index (κ1) is 17.8. The number of benzene rings is 1. The molecule has 0 aliphatic heterocycles. The Labute approximate surface area is 125 Å². The molecule has 0 unspecified atom stereocenters. The van der Waals surface area contributed by atoms with E-state index in [0.717, 1.165) is 19.1 Å². The summed E-state index contributed by atoms with van der Waals surface area (Å²) in [6.45, 7) is 6.00. The molecule has 0 radical (unpaired) electrons. The molecule has 0 aliphatic rings. The monoisotopic (exact) mass is 318 g/mol. The molecule has 0 saturated heterocycles. The third-order valence-corrected chi connectivity index (χ3v) is 2.28. The van der Waals surface area contributed by atoms with E-state index in [2.05, 4.69) is 10.6 Å². The van der Waals surface area contributed by atoms with Crippen LogP contribution in [0.3, 0.4) is 0 Å². The van der Waals surface area contributed by atoms with Gasteiger partial charge in [0.25, 0.3) is 0 Å². The van der Waals surface area contributed by atoms with E-state index < -0.39 is 29.3 Å². The van der Waals surface area contributed by atoms with E-state index in [1.54, 1.807) is 20.8 Å². The minimum atomic E-state index is -4.68. The molecule has 2 N–H and O–H groups in total. The van der Waals surface area contributed by atoms with E-state index in [1.165, 1.54) is 6.07 Å². The Morgan fingerprint density at radius 3 is 2.14 bits per heavy atom. The molecular formula is C14H17F3N2O3. The molecule has 5 nitrogen and oxygen atoms in total. The Bertz CT molecular complexity index is 578. The van der Waals surface area contributed by atoms with Crippen molar-refractivity contribution < 1.29 is 27.5 Å². The Kier molecular flexibility index (Phi) is 5.05. The number of nitrogens with one attached hydrogen (secondary N) is 2. The molecule has 1 rings (SSSR count). The molecule has 1 aromatic carbocycles. The molecule has 8 heteroatoms. The lowest BCUT2D eigenvalue weighted by atomic mass is 10.1. The highest BCUT2D eigenvalue weighted by Gasteiger charge is 2.34. The van der Waals surface area contributed by atoms with Crippen LogP contribution in [0.2, 0.25) is 0 Å². The van der Waals surface area contributed by atoms with Gasteiger partial charge < -0.3 is 10.1 Å². The molecule has 2 amide bonds. The zero-order valence-electron chi connectivity index (χ0n) is 12.6. The van der Waals surface area contributed by atoms with Gasteiger partial charge in [0.15, 0.2) is 0 Å². The van der Waals surface area contributed by atoms with Crippen LogP contribution in [0, 0.1) is 0 Å². The van der Waals surface area contributed by atoms with Gasteiger partial charge in [-0.3, -0.25) is 10.1 Å². The number of carbonyl (C=O) groups is 2.